The van der Waals surface area contributed by atoms with Crippen LogP contribution in [0.1, 0.15) is 39.5 Å². The minimum atomic E-state index is -0.410. The van der Waals surface area contributed by atoms with E-state index in [2.05, 4.69) is 10.3 Å². The van der Waals surface area contributed by atoms with Crippen molar-refractivity contribution in [2.24, 2.45) is 11.8 Å². The van der Waals surface area contributed by atoms with Gasteiger partial charge in [-0.3, -0.25) is 19.3 Å². The van der Waals surface area contributed by atoms with E-state index in [0.29, 0.717) is 35.5 Å². The minimum Gasteiger partial charge on any atom is -0.440 e. The Kier molecular flexibility index (Phi) is 4.33. The fourth-order valence-corrected chi connectivity index (χ4v) is 3.69. The van der Waals surface area contributed by atoms with Crippen LogP contribution in [0.3, 0.4) is 0 Å². The normalized spacial score (nSPS) is 22.0. The van der Waals surface area contributed by atoms with Crippen molar-refractivity contribution in [3.05, 3.63) is 36.2 Å². The number of anilines is 1. The van der Waals surface area contributed by atoms with E-state index in [9.17, 15) is 14.4 Å². The number of carbonyl (C=O) groups excluding carboxylic acids is 3. The number of benzene rings is 1. The average Bonchev–Trinajstić information content (AvgIpc) is 3.17. The van der Waals surface area contributed by atoms with Gasteiger partial charge in [0.05, 0.1) is 11.8 Å². The molecule has 1 aromatic carbocycles. The lowest BCUT2D eigenvalue weighted by molar-refractivity contribution is -0.142. The molecule has 1 aliphatic carbocycles. The number of nitrogens with one attached hydrogen (secondary N) is 1. The molecule has 0 unspecified atom stereocenters. The van der Waals surface area contributed by atoms with Gasteiger partial charge in [0.25, 0.3) is 0 Å². The van der Waals surface area contributed by atoms with Crippen LogP contribution in [0.25, 0.3) is 11.1 Å². The first kappa shape index (κ1) is 18.4. The van der Waals surface area contributed by atoms with Crippen LogP contribution in [-0.2, 0) is 19.8 Å². The quantitative estimate of drug-likeness (QED) is 0.652. The van der Waals surface area contributed by atoms with Crippen molar-refractivity contribution in [1.29, 1.82) is 0 Å². The van der Waals surface area contributed by atoms with Crippen LogP contribution in [0.5, 0.6) is 0 Å². The summed E-state index contributed by atoms with van der Waals surface area (Å²) in [5, 5.41) is 2.75. The summed E-state index contributed by atoms with van der Waals surface area (Å²) >= 11 is 0. The summed E-state index contributed by atoms with van der Waals surface area (Å²) in [6, 6.07) is 5.19. The average molecular weight is 381 g/mol. The molecular formula is C21H23N3O4. The summed E-state index contributed by atoms with van der Waals surface area (Å²) < 4.78 is 5.76. The molecule has 1 saturated heterocycles. The maximum absolute atomic E-state index is 12.5. The molecule has 1 aromatic heterocycles. The lowest BCUT2D eigenvalue weighted by Crippen LogP contribution is -2.38. The Morgan fingerprint density at radius 3 is 2.43 bits per heavy atom. The van der Waals surface area contributed by atoms with E-state index in [4.69, 9.17) is 4.42 Å². The first-order valence-corrected chi connectivity index (χ1v) is 9.45. The van der Waals surface area contributed by atoms with Crippen molar-refractivity contribution < 1.29 is 18.8 Å². The Morgan fingerprint density at radius 1 is 1.18 bits per heavy atom. The Labute approximate surface area is 162 Å². The maximum Gasteiger partial charge on any atom is 0.244 e. The summed E-state index contributed by atoms with van der Waals surface area (Å²) in [5.41, 5.74) is 1.62. The van der Waals surface area contributed by atoms with E-state index in [1.807, 2.05) is 32.9 Å². The number of aromatic nitrogens is 1. The fraction of sp³-hybridized carbons (Fsp3) is 0.429. The van der Waals surface area contributed by atoms with Gasteiger partial charge in [-0.2, -0.15) is 0 Å². The molecule has 1 aliphatic heterocycles. The molecule has 2 atom stereocenters. The molecule has 28 heavy (non-hydrogen) atoms. The highest BCUT2D eigenvalue weighted by Crippen LogP contribution is 2.35. The van der Waals surface area contributed by atoms with Crippen molar-refractivity contribution in [2.75, 3.05) is 11.9 Å². The zero-order valence-corrected chi connectivity index (χ0v) is 16.2. The van der Waals surface area contributed by atoms with E-state index in [0.717, 1.165) is 4.90 Å². The van der Waals surface area contributed by atoms with Crippen LogP contribution in [0.2, 0.25) is 0 Å². The Morgan fingerprint density at radius 2 is 1.82 bits per heavy atom. The van der Waals surface area contributed by atoms with Crippen LogP contribution in [-0.4, -0.2) is 34.2 Å². The largest absolute Gasteiger partial charge is 0.440 e. The standard InChI is InChI=1S/C21H23N3O4/c1-21(2,3)20-23-15-10-12(8-9-16(15)28-20)22-17(25)11-24-18(26)13-6-4-5-7-14(13)19(24)27/h4-5,8-10,13-14H,6-7,11H2,1-3H3,(H,22,25)/t13-,14+. The van der Waals surface area contributed by atoms with Crippen LogP contribution >= 0.6 is 0 Å². The highest BCUT2D eigenvalue weighted by atomic mass is 16.3. The smallest absolute Gasteiger partial charge is 0.244 e. The minimum absolute atomic E-state index is 0.218. The second kappa shape index (κ2) is 6.58. The zero-order valence-electron chi connectivity index (χ0n) is 16.2. The number of oxazole rings is 1. The van der Waals surface area contributed by atoms with Gasteiger partial charge in [-0.25, -0.2) is 4.98 Å². The molecular weight excluding hydrogens is 358 g/mol. The monoisotopic (exact) mass is 381 g/mol. The second-order valence-corrected chi connectivity index (χ2v) is 8.42. The molecule has 7 heteroatoms. The van der Waals surface area contributed by atoms with Crippen LogP contribution in [0.4, 0.5) is 5.69 Å². The molecule has 146 valence electrons. The fourth-order valence-electron chi connectivity index (χ4n) is 3.69. The van der Waals surface area contributed by atoms with Gasteiger partial charge < -0.3 is 9.73 Å². The molecule has 7 nitrogen and oxygen atoms in total. The highest BCUT2D eigenvalue weighted by molar-refractivity contribution is 6.09. The van der Waals surface area contributed by atoms with Gasteiger partial charge in [-0.15, -0.1) is 0 Å². The second-order valence-electron chi connectivity index (χ2n) is 8.42. The van der Waals surface area contributed by atoms with Crippen molar-refractivity contribution in [3.8, 4) is 0 Å². The lowest BCUT2D eigenvalue weighted by Gasteiger charge is -2.14. The first-order chi connectivity index (χ1) is 13.2. The molecule has 0 spiro atoms. The van der Waals surface area contributed by atoms with Crippen LogP contribution in [0.15, 0.2) is 34.8 Å². The van der Waals surface area contributed by atoms with E-state index in [1.165, 1.54) is 0 Å². The number of hydrogen-bond acceptors (Lipinski definition) is 5. The van der Waals surface area contributed by atoms with Crippen LogP contribution in [0, 0.1) is 11.8 Å². The van der Waals surface area contributed by atoms with Gasteiger partial charge in [-0.05, 0) is 31.0 Å². The first-order valence-electron chi connectivity index (χ1n) is 9.45. The summed E-state index contributed by atoms with van der Waals surface area (Å²) in [4.78, 5) is 43.0. The number of likely N-dealkylation sites (tertiary alicyclic amines) is 1. The summed E-state index contributed by atoms with van der Waals surface area (Å²) in [6.07, 6.45) is 4.97. The van der Waals surface area contributed by atoms with Gasteiger partial charge in [0.2, 0.25) is 23.6 Å². The summed E-state index contributed by atoms with van der Waals surface area (Å²) in [6.45, 7) is 5.77. The number of hydrogen-bond donors (Lipinski definition) is 1. The molecule has 3 amide bonds. The molecule has 4 rings (SSSR count). The summed E-state index contributed by atoms with van der Waals surface area (Å²) in [7, 11) is 0. The van der Waals surface area contributed by atoms with Gasteiger partial charge in [0.15, 0.2) is 5.58 Å². The predicted molar refractivity (Wildman–Crippen MR) is 103 cm³/mol. The van der Waals surface area contributed by atoms with Crippen molar-refractivity contribution in [2.45, 2.75) is 39.0 Å². The molecule has 2 heterocycles. The number of imide groups is 1. The van der Waals surface area contributed by atoms with Gasteiger partial charge in [0.1, 0.15) is 12.1 Å². The molecule has 2 aromatic rings. The number of rotatable bonds is 3. The van der Waals surface area contributed by atoms with Crippen LogP contribution < -0.4 is 5.32 Å². The third kappa shape index (κ3) is 3.21. The topological polar surface area (TPSA) is 92.5 Å². The van der Waals surface area contributed by atoms with E-state index in [1.54, 1.807) is 18.2 Å². The molecule has 1 N–H and O–H groups in total. The maximum atomic E-state index is 12.5. The number of nitrogens with zero attached hydrogens (tertiary/aromatic N) is 2. The van der Waals surface area contributed by atoms with Gasteiger partial charge >= 0.3 is 0 Å². The van der Waals surface area contributed by atoms with E-state index in [-0.39, 0.29) is 35.6 Å². The molecule has 2 aliphatic rings. The third-order valence-electron chi connectivity index (χ3n) is 5.21. The summed E-state index contributed by atoms with van der Waals surface area (Å²) in [5.74, 6) is -0.949. The van der Waals surface area contributed by atoms with Gasteiger partial charge in [0, 0.05) is 11.1 Å². The third-order valence-corrected chi connectivity index (χ3v) is 5.21. The van der Waals surface area contributed by atoms with Gasteiger partial charge in [-0.1, -0.05) is 32.9 Å². The predicted octanol–water partition coefficient (Wildman–Crippen LogP) is 3.02. The van der Waals surface area contributed by atoms with E-state index >= 15 is 0 Å². The Bertz CT molecular complexity index is 973. The molecule has 1 fully saturated rings. The van der Waals surface area contributed by atoms with Crippen molar-refractivity contribution in [3.63, 3.8) is 0 Å². The zero-order chi connectivity index (χ0) is 20.1. The van der Waals surface area contributed by atoms with Crippen molar-refractivity contribution >= 4 is 34.5 Å². The number of allylic oxidation sites excluding steroid dienone is 2. The molecule has 0 radical (unpaired) electrons. The molecule has 0 bridgehead atoms. The molecule has 0 saturated carbocycles. The SMILES string of the molecule is CC(C)(C)c1nc2cc(NC(=O)CN3C(=O)[C@H]4CC=CC[C@H]4C3=O)ccc2o1. The van der Waals surface area contributed by atoms with E-state index < -0.39 is 5.91 Å². The number of amides is 3. The van der Waals surface area contributed by atoms with Crippen molar-refractivity contribution in [1.82, 2.24) is 9.88 Å². The number of carbonyl (C=O) groups is 3. The number of fused-ring (bicyclic) bond motifs is 2. The lowest BCUT2D eigenvalue weighted by atomic mass is 9.85. The highest BCUT2D eigenvalue weighted by Gasteiger charge is 2.47. The Hall–Kier alpha value is -2.96. The Balaban J connectivity index is 1.46.